The Bertz CT molecular complexity index is 825. The predicted molar refractivity (Wildman–Crippen MR) is 102 cm³/mol. The van der Waals surface area contributed by atoms with Crippen LogP contribution in [-0.2, 0) is 4.79 Å². The molecular formula is C20H22N2O2S. The Morgan fingerprint density at radius 3 is 2.64 bits per heavy atom. The molecule has 4 nitrogen and oxygen atoms in total. The van der Waals surface area contributed by atoms with Gasteiger partial charge < -0.3 is 9.64 Å². The van der Waals surface area contributed by atoms with Crippen LogP contribution in [0.2, 0.25) is 0 Å². The number of hydrogen-bond donors (Lipinski definition) is 0. The van der Waals surface area contributed by atoms with Crippen LogP contribution in [0.4, 0.5) is 0 Å². The second-order valence-corrected chi connectivity index (χ2v) is 7.17. The summed E-state index contributed by atoms with van der Waals surface area (Å²) in [5.74, 6) is 0.846. The van der Waals surface area contributed by atoms with Crippen molar-refractivity contribution in [2.45, 2.75) is 26.3 Å². The minimum atomic E-state index is -0.0516. The molecule has 0 aliphatic rings. The van der Waals surface area contributed by atoms with Crippen molar-refractivity contribution in [2.24, 2.45) is 0 Å². The molecule has 1 aromatic heterocycles. The molecule has 0 bridgehead atoms. The molecule has 1 amide bonds. The second-order valence-electron chi connectivity index (χ2n) is 6.11. The van der Waals surface area contributed by atoms with Gasteiger partial charge in [0.1, 0.15) is 10.8 Å². The molecule has 0 aliphatic carbocycles. The van der Waals surface area contributed by atoms with Crippen LogP contribution >= 0.6 is 11.3 Å². The van der Waals surface area contributed by atoms with Gasteiger partial charge in [0.2, 0.25) is 5.91 Å². The van der Waals surface area contributed by atoms with Gasteiger partial charge in [0.25, 0.3) is 0 Å². The molecular weight excluding hydrogens is 332 g/mol. The monoisotopic (exact) mass is 354 g/mol. The zero-order chi connectivity index (χ0) is 17.8. The van der Waals surface area contributed by atoms with Crippen molar-refractivity contribution < 1.29 is 9.53 Å². The van der Waals surface area contributed by atoms with Crippen LogP contribution in [0, 0.1) is 6.92 Å². The number of ether oxygens (including phenoxy) is 1. The number of nitrogens with zero attached hydrogens (tertiary/aromatic N) is 2. The van der Waals surface area contributed by atoms with E-state index in [1.165, 1.54) is 5.56 Å². The van der Waals surface area contributed by atoms with E-state index in [-0.39, 0.29) is 11.9 Å². The summed E-state index contributed by atoms with van der Waals surface area (Å²) in [6.07, 6.45) is 0.347. The van der Waals surface area contributed by atoms with E-state index in [1.807, 2.05) is 63.4 Å². The fourth-order valence-corrected chi connectivity index (χ4v) is 3.58. The third-order valence-electron chi connectivity index (χ3n) is 4.25. The fraction of sp³-hybridized carbons (Fsp3) is 0.300. The van der Waals surface area contributed by atoms with Crippen molar-refractivity contribution in [3.05, 3.63) is 59.1 Å². The molecule has 0 fully saturated rings. The number of thiazole rings is 1. The molecule has 0 radical (unpaired) electrons. The minimum Gasteiger partial charge on any atom is -0.493 e. The largest absolute Gasteiger partial charge is 0.493 e. The van der Waals surface area contributed by atoms with Crippen LogP contribution in [0.25, 0.3) is 10.2 Å². The van der Waals surface area contributed by atoms with E-state index in [0.29, 0.717) is 13.0 Å². The van der Waals surface area contributed by atoms with Crippen molar-refractivity contribution in [1.29, 1.82) is 0 Å². The van der Waals surface area contributed by atoms with E-state index in [0.717, 1.165) is 21.0 Å². The summed E-state index contributed by atoms with van der Waals surface area (Å²) in [5.41, 5.74) is 2.17. The van der Waals surface area contributed by atoms with Gasteiger partial charge in [-0.05, 0) is 38.1 Å². The lowest BCUT2D eigenvalue weighted by atomic mass is 10.2. The number of carbonyl (C=O) groups is 1. The Morgan fingerprint density at radius 1 is 1.20 bits per heavy atom. The van der Waals surface area contributed by atoms with Crippen molar-refractivity contribution in [3.8, 4) is 5.75 Å². The number of carbonyl (C=O) groups excluding carboxylic acids is 1. The molecule has 0 spiro atoms. The Kier molecular flexibility index (Phi) is 5.34. The Hall–Kier alpha value is -2.40. The predicted octanol–water partition coefficient (Wildman–Crippen LogP) is 4.59. The summed E-state index contributed by atoms with van der Waals surface area (Å²) in [6, 6.07) is 15.8. The van der Waals surface area contributed by atoms with E-state index in [2.05, 4.69) is 11.1 Å². The topological polar surface area (TPSA) is 42.4 Å². The van der Waals surface area contributed by atoms with Crippen LogP contribution in [0.3, 0.4) is 0 Å². The molecule has 5 heteroatoms. The molecule has 0 saturated heterocycles. The molecule has 0 aliphatic heterocycles. The summed E-state index contributed by atoms with van der Waals surface area (Å²) in [6.45, 7) is 4.42. The number of hydrogen-bond acceptors (Lipinski definition) is 4. The molecule has 130 valence electrons. The van der Waals surface area contributed by atoms with E-state index in [4.69, 9.17) is 4.74 Å². The van der Waals surface area contributed by atoms with Gasteiger partial charge in [-0.2, -0.15) is 0 Å². The first kappa shape index (κ1) is 17.4. The van der Waals surface area contributed by atoms with Crippen LogP contribution in [-0.4, -0.2) is 29.4 Å². The van der Waals surface area contributed by atoms with E-state index in [9.17, 15) is 4.79 Å². The molecule has 1 atom stereocenters. The van der Waals surface area contributed by atoms with Gasteiger partial charge >= 0.3 is 0 Å². The molecule has 0 N–H and O–H groups in total. The number of aromatic nitrogens is 1. The van der Waals surface area contributed by atoms with Crippen LogP contribution in [0.15, 0.2) is 48.5 Å². The third kappa shape index (κ3) is 4.17. The van der Waals surface area contributed by atoms with Gasteiger partial charge in [-0.3, -0.25) is 4.79 Å². The van der Waals surface area contributed by atoms with E-state index >= 15 is 0 Å². The van der Waals surface area contributed by atoms with Gasteiger partial charge in [-0.25, -0.2) is 4.98 Å². The number of benzene rings is 2. The maximum absolute atomic E-state index is 12.4. The van der Waals surface area contributed by atoms with Gasteiger partial charge in [-0.1, -0.05) is 29.8 Å². The first-order chi connectivity index (χ1) is 12.0. The summed E-state index contributed by atoms with van der Waals surface area (Å²) in [4.78, 5) is 18.8. The number of aryl methyl sites for hydroxylation is 1. The van der Waals surface area contributed by atoms with Gasteiger partial charge in [0.05, 0.1) is 29.3 Å². The highest BCUT2D eigenvalue weighted by molar-refractivity contribution is 7.18. The molecule has 1 heterocycles. The molecule has 2 aromatic carbocycles. The van der Waals surface area contributed by atoms with Crippen LogP contribution < -0.4 is 4.74 Å². The molecule has 0 unspecified atom stereocenters. The Balaban J connectivity index is 1.56. The zero-order valence-electron chi connectivity index (χ0n) is 14.7. The van der Waals surface area contributed by atoms with Crippen molar-refractivity contribution in [1.82, 2.24) is 9.88 Å². The number of para-hydroxylation sites is 1. The van der Waals surface area contributed by atoms with E-state index < -0.39 is 0 Å². The lowest BCUT2D eigenvalue weighted by Gasteiger charge is -2.23. The molecule has 3 aromatic rings. The first-order valence-corrected chi connectivity index (χ1v) is 9.17. The minimum absolute atomic E-state index is 0.0516. The standard InChI is InChI=1S/C20H22N2O2S/c1-14-8-10-16(11-9-14)24-13-12-19(23)22(3)15(2)20-21-17-6-4-5-7-18(17)25-20/h4-11,15H,12-13H2,1-3H3/t15-/m1/s1. The van der Waals surface area contributed by atoms with Crippen molar-refractivity contribution in [3.63, 3.8) is 0 Å². The van der Waals surface area contributed by atoms with Crippen LogP contribution in [0.5, 0.6) is 5.75 Å². The lowest BCUT2D eigenvalue weighted by molar-refractivity contribution is -0.132. The quantitative estimate of drug-likeness (QED) is 0.650. The second kappa shape index (κ2) is 7.66. The zero-order valence-corrected chi connectivity index (χ0v) is 15.5. The summed E-state index contributed by atoms with van der Waals surface area (Å²) >= 11 is 1.64. The maximum atomic E-state index is 12.4. The van der Waals surface area contributed by atoms with Crippen LogP contribution in [0.1, 0.15) is 30.0 Å². The smallest absolute Gasteiger partial charge is 0.226 e. The highest BCUT2D eigenvalue weighted by atomic mass is 32.1. The normalized spacial score (nSPS) is 12.1. The summed E-state index contributed by atoms with van der Waals surface area (Å²) in [7, 11) is 1.82. The summed E-state index contributed by atoms with van der Waals surface area (Å²) in [5, 5.41) is 0.955. The SMILES string of the molecule is Cc1ccc(OCCC(=O)N(C)[C@H](C)c2nc3ccccc3s2)cc1. The highest BCUT2D eigenvalue weighted by Crippen LogP contribution is 2.29. The average molecular weight is 354 g/mol. The molecule has 3 rings (SSSR count). The number of fused-ring (bicyclic) bond motifs is 1. The maximum Gasteiger partial charge on any atom is 0.226 e. The van der Waals surface area contributed by atoms with Crippen molar-refractivity contribution >= 4 is 27.5 Å². The number of amides is 1. The van der Waals surface area contributed by atoms with Gasteiger partial charge in [0.15, 0.2) is 0 Å². The first-order valence-electron chi connectivity index (χ1n) is 8.35. The summed E-state index contributed by atoms with van der Waals surface area (Å²) < 4.78 is 6.80. The highest BCUT2D eigenvalue weighted by Gasteiger charge is 2.20. The lowest BCUT2D eigenvalue weighted by Crippen LogP contribution is -2.30. The Labute approximate surface area is 152 Å². The Morgan fingerprint density at radius 2 is 1.92 bits per heavy atom. The van der Waals surface area contributed by atoms with Gasteiger partial charge in [0, 0.05) is 7.05 Å². The molecule has 0 saturated carbocycles. The number of rotatable bonds is 6. The fourth-order valence-electron chi connectivity index (χ4n) is 2.52. The van der Waals surface area contributed by atoms with Gasteiger partial charge in [-0.15, -0.1) is 11.3 Å². The van der Waals surface area contributed by atoms with E-state index in [1.54, 1.807) is 16.2 Å². The van der Waals surface area contributed by atoms with Crippen molar-refractivity contribution in [2.75, 3.05) is 13.7 Å². The molecule has 25 heavy (non-hydrogen) atoms. The third-order valence-corrected chi connectivity index (χ3v) is 5.45. The average Bonchev–Trinajstić information content (AvgIpc) is 3.06.